The van der Waals surface area contributed by atoms with Crippen LogP contribution in [-0.4, -0.2) is 47.0 Å². The lowest BCUT2D eigenvalue weighted by atomic mass is 10.2. The number of anilines is 1. The highest BCUT2D eigenvalue weighted by molar-refractivity contribution is 7.14. The van der Waals surface area contributed by atoms with Crippen LogP contribution in [0.5, 0.6) is 0 Å². The summed E-state index contributed by atoms with van der Waals surface area (Å²) in [7, 11) is 0. The monoisotopic (exact) mass is 306 g/mol. The molecule has 0 aromatic carbocycles. The maximum absolute atomic E-state index is 13.1. The normalized spacial score (nSPS) is 15.3. The first kappa shape index (κ1) is 13.9. The van der Waals surface area contributed by atoms with Gasteiger partial charge < -0.3 is 9.80 Å². The number of hydrogen-bond donors (Lipinski definition) is 0. The first-order valence-electron chi connectivity index (χ1n) is 6.71. The van der Waals surface area contributed by atoms with Gasteiger partial charge in [0.05, 0.1) is 5.69 Å². The van der Waals surface area contributed by atoms with Crippen LogP contribution in [0.2, 0.25) is 0 Å². The van der Waals surface area contributed by atoms with E-state index in [1.54, 1.807) is 13.0 Å². The number of hydrogen-bond acceptors (Lipinski definition) is 5. The van der Waals surface area contributed by atoms with Crippen molar-refractivity contribution in [3.8, 4) is 11.3 Å². The Kier molecular flexibility index (Phi) is 3.83. The molecule has 7 heteroatoms. The molecule has 0 spiro atoms. The predicted octanol–water partition coefficient (Wildman–Crippen LogP) is 2.01. The lowest BCUT2D eigenvalue weighted by Gasteiger charge is -2.33. The van der Waals surface area contributed by atoms with Gasteiger partial charge in [-0.25, -0.2) is 9.97 Å². The van der Waals surface area contributed by atoms with Gasteiger partial charge in [-0.05, 0) is 6.07 Å². The fourth-order valence-electron chi connectivity index (χ4n) is 2.32. The Morgan fingerprint density at radius 1 is 1.33 bits per heavy atom. The van der Waals surface area contributed by atoms with E-state index in [4.69, 9.17) is 0 Å². The highest BCUT2D eigenvalue weighted by Gasteiger charge is 2.20. The maximum Gasteiger partial charge on any atom is 0.219 e. The van der Waals surface area contributed by atoms with Gasteiger partial charge in [0.1, 0.15) is 0 Å². The van der Waals surface area contributed by atoms with Crippen LogP contribution >= 0.6 is 11.3 Å². The first-order chi connectivity index (χ1) is 10.1. The molecule has 0 atom stereocenters. The second-order valence-corrected chi connectivity index (χ2v) is 5.71. The second kappa shape index (κ2) is 5.77. The van der Waals surface area contributed by atoms with Gasteiger partial charge in [0.2, 0.25) is 11.9 Å². The molecule has 1 saturated heterocycles. The van der Waals surface area contributed by atoms with E-state index in [0.29, 0.717) is 13.1 Å². The summed E-state index contributed by atoms with van der Waals surface area (Å²) in [4.78, 5) is 23.4. The van der Waals surface area contributed by atoms with Crippen molar-refractivity contribution < 1.29 is 9.18 Å². The third-order valence-corrected chi connectivity index (χ3v) is 4.41. The fourth-order valence-corrected chi connectivity index (χ4v) is 3.21. The fraction of sp³-hybridized carbons (Fsp3) is 0.357. The molecule has 3 heterocycles. The number of nitrogens with zero attached hydrogens (tertiary/aromatic N) is 4. The molecule has 0 radical (unpaired) electrons. The Bertz CT molecular complexity index is 652. The van der Waals surface area contributed by atoms with Crippen molar-refractivity contribution in [2.45, 2.75) is 6.92 Å². The number of halogens is 1. The van der Waals surface area contributed by atoms with E-state index < -0.39 is 5.95 Å². The van der Waals surface area contributed by atoms with Gasteiger partial charge in [-0.1, -0.05) is 0 Å². The number of piperazine rings is 1. The lowest BCUT2D eigenvalue weighted by molar-refractivity contribution is -0.129. The summed E-state index contributed by atoms with van der Waals surface area (Å²) in [5, 5.41) is 2.83. The zero-order valence-corrected chi connectivity index (χ0v) is 12.4. The molecule has 1 fully saturated rings. The minimum atomic E-state index is -0.503. The summed E-state index contributed by atoms with van der Waals surface area (Å²) in [6.45, 7) is 4.58. The highest BCUT2D eigenvalue weighted by atomic mass is 32.1. The molecule has 0 unspecified atom stereocenters. The Morgan fingerprint density at radius 3 is 2.76 bits per heavy atom. The number of pyridine rings is 1. The van der Waals surface area contributed by atoms with Crippen molar-refractivity contribution in [2.75, 3.05) is 31.1 Å². The van der Waals surface area contributed by atoms with Crippen molar-refractivity contribution >= 4 is 22.4 Å². The van der Waals surface area contributed by atoms with E-state index in [-0.39, 0.29) is 5.91 Å². The van der Waals surface area contributed by atoms with Gasteiger partial charge in [-0.15, -0.1) is 11.3 Å². The maximum atomic E-state index is 13.1. The SMILES string of the molecule is CC(=O)N1CCN(c2nc(-c3ccnc(F)c3)cs2)CC1. The summed E-state index contributed by atoms with van der Waals surface area (Å²) in [5.41, 5.74) is 1.48. The molecule has 0 N–H and O–H groups in total. The molecular weight excluding hydrogens is 291 g/mol. The molecule has 1 amide bonds. The predicted molar refractivity (Wildman–Crippen MR) is 79.8 cm³/mol. The Labute approximate surface area is 126 Å². The molecule has 110 valence electrons. The molecule has 2 aromatic heterocycles. The molecule has 0 bridgehead atoms. The minimum absolute atomic E-state index is 0.113. The van der Waals surface area contributed by atoms with Crippen LogP contribution < -0.4 is 4.90 Å². The molecule has 1 aliphatic rings. The van der Waals surface area contributed by atoms with Crippen LogP contribution in [-0.2, 0) is 4.79 Å². The van der Waals surface area contributed by atoms with Gasteiger partial charge in [0, 0.05) is 56.3 Å². The Balaban J connectivity index is 1.73. The molecule has 21 heavy (non-hydrogen) atoms. The quantitative estimate of drug-likeness (QED) is 0.797. The molecule has 1 aliphatic heterocycles. The van der Waals surface area contributed by atoms with Gasteiger partial charge in [0.25, 0.3) is 0 Å². The number of carbonyl (C=O) groups excluding carboxylic acids is 1. The first-order valence-corrected chi connectivity index (χ1v) is 7.59. The Morgan fingerprint density at radius 2 is 2.10 bits per heavy atom. The van der Waals surface area contributed by atoms with Gasteiger partial charge in [0.15, 0.2) is 5.13 Å². The van der Waals surface area contributed by atoms with Crippen LogP contribution in [0, 0.1) is 5.95 Å². The van der Waals surface area contributed by atoms with E-state index in [0.717, 1.165) is 29.5 Å². The minimum Gasteiger partial charge on any atom is -0.345 e. The van der Waals surface area contributed by atoms with Crippen molar-refractivity contribution in [3.63, 3.8) is 0 Å². The Hall–Kier alpha value is -2.02. The highest BCUT2D eigenvalue weighted by Crippen LogP contribution is 2.28. The third kappa shape index (κ3) is 3.02. The summed E-state index contributed by atoms with van der Waals surface area (Å²) < 4.78 is 13.1. The number of amides is 1. The van der Waals surface area contributed by atoms with Gasteiger partial charge in [-0.2, -0.15) is 4.39 Å². The van der Waals surface area contributed by atoms with Crippen molar-refractivity contribution in [3.05, 3.63) is 29.7 Å². The largest absolute Gasteiger partial charge is 0.345 e. The lowest BCUT2D eigenvalue weighted by Crippen LogP contribution is -2.48. The zero-order chi connectivity index (χ0) is 14.8. The van der Waals surface area contributed by atoms with Gasteiger partial charge in [-0.3, -0.25) is 4.79 Å². The summed E-state index contributed by atoms with van der Waals surface area (Å²) in [6, 6.07) is 3.13. The van der Waals surface area contributed by atoms with E-state index in [1.807, 2.05) is 10.3 Å². The summed E-state index contributed by atoms with van der Waals surface area (Å²) in [6.07, 6.45) is 1.44. The smallest absolute Gasteiger partial charge is 0.219 e. The van der Waals surface area contributed by atoms with E-state index in [9.17, 15) is 9.18 Å². The van der Waals surface area contributed by atoms with Crippen molar-refractivity contribution in [1.29, 1.82) is 0 Å². The molecular formula is C14H15FN4OS. The standard InChI is InChI=1S/C14H15FN4OS/c1-10(20)18-4-6-19(7-5-18)14-17-12(9-21-14)11-2-3-16-13(15)8-11/h2-3,8-9H,4-7H2,1H3. The molecule has 0 aliphatic carbocycles. The van der Waals surface area contributed by atoms with Gasteiger partial charge >= 0.3 is 0 Å². The molecule has 0 saturated carbocycles. The van der Waals surface area contributed by atoms with E-state index in [1.165, 1.54) is 23.6 Å². The summed E-state index contributed by atoms with van der Waals surface area (Å²) >= 11 is 1.53. The van der Waals surface area contributed by atoms with E-state index >= 15 is 0 Å². The van der Waals surface area contributed by atoms with E-state index in [2.05, 4.69) is 14.9 Å². The van der Waals surface area contributed by atoms with Crippen LogP contribution in [0.4, 0.5) is 9.52 Å². The molecule has 5 nitrogen and oxygen atoms in total. The van der Waals surface area contributed by atoms with Crippen LogP contribution in [0.1, 0.15) is 6.92 Å². The zero-order valence-electron chi connectivity index (χ0n) is 11.6. The number of rotatable bonds is 2. The number of carbonyl (C=O) groups is 1. The summed E-state index contributed by atoms with van der Waals surface area (Å²) in [5.74, 6) is -0.390. The van der Waals surface area contributed by atoms with Crippen LogP contribution in [0.25, 0.3) is 11.3 Å². The third-order valence-electron chi connectivity index (χ3n) is 3.51. The number of thiazole rings is 1. The average molecular weight is 306 g/mol. The van der Waals surface area contributed by atoms with Crippen LogP contribution in [0.3, 0.4) is 0 Å². The average Bonchev–Trinajstić information content (AvgIpc) is 2.97. The topological polar surface area (TPSA) is 49.3 Å². The van der Waals surface area contributed by atoms with Crippen LogP contribution in [0.15, 0.2) is 23.7 Å². The molecule has 2 aromatic rings. The van der Waals surface area contributed by atoms with Crippen molar-refractivity contribution in [1.82, 2.24) is 14.9 Å². The molecule has 3 rings (SSSR count). The second-order valence-electron chi connectivity index (χ2n) is 4.88. The number of aromatic nitrogens is 2. The van der Waals surface area contributed by atoms with Crippen molar-refractivity contribution in [2.24, 2.45) is 0 Å².